The lowest BCUT2D eigenvalue weighted by molar-refractivity contribution is 0.302. The smallest absolute Gasteiger partial charge is 0.201 e. The average Bonchev–Trinajstić information content (AvgIpc) is 2.65. The van der Waals surface area contributed by atoms with Gasteiger partial charge in [-0.3, -0.25) is 0 Å². The lowest BCUT2D eigenvalue weighted by Crippen LogP contribution is -2.14. The summed E-state index contributed by atoms with van der Waals surface area (Å²) in [5, 5.41) is 0. The van der Waals surface area contributed by atoms with Crippen molar-refractivity contribution in [1.82, 2.24) is 0 Å². The van der Waals surface area contributed by atoms with Gasteiger partial charge in [-0.05, 0) is 68.1 Å². The number of ether oxygens (including phenoxy) is 1. The van der Waals surface area contributed by atoms with Crippen molar-refractivity contribution in [3.05, 3.63) is 41.7 Å². The van der Waals surface area contributed by atoms with E-state index in [9.17, 15) is 8.78 Å². The number of hydrogen-bond acceptors (Lipinski definition) is 1. The molecule has 1 aliphatic carbocycles. The maximum Gasteiger partial charge on any atom is 0.201 e. The van der Waals surface area contributed by atoms with Gasteiger partial charge in [0.25, 0.3) is 0 Å². The molecule has 1 fully saturated rings. The molecule has 1 aromatic rings. The summed E-state index contributed by atoms with van der Waals surface area (Å²) in [4.78, 5) is 0. The van der Waals surface area contributed by atoms with Gasteiger partial charge in [-0.2, -0.15) is 4.39 Å². The van der Waals surface area contributed by atoms with Gasteiger partial charge in [0.05, 0.1) is 6.26 Å². The third-order valence-electron chi connectivity index (χ3n) is 5.58. The molecule has 0 saturated heterocycles. The Bertz CT molecular complexity index is 560. The van der Waals surface area contributed by atoms with Crippen LogP contribution in [-0.2, 0) is 0 Å². The number of hydrogen-bond donors (Lipinski definition) is 0. The number of unbranched alkanes of at least 4 members (excludes halogenated alkanes) is 4. The Morgan fingerprint density at radius 3 is 2.42 bits per heavy atom. The van der Waals surface area contributed by atoms with Crippen LogP contribution in [0.1, 0.15) is 96.0 Å². The van der Waals surface area contributed by atoms with Crippen molar-refractivity contribution in [3.63, 3.8) is 0 Å². The molecule has 146 valence electrons. The zero-order chi connectivity index (χ0) is 18.8. The van der Waals surface area contributed by atoms with Gasteiger partial charge in [-0.15, -0.1) is 0 Å². The van der Waals surface area contributed by atoms with E-state index in [1.807, 2.05) is 6.08 Å². The van der Waals surface area contributed by atoms with E-state index in [1.54, 1.807) is 12.1 Å². The summed E-state index contributed by atoms with van der Waals surface area (Å²) in [7, 11) is 0. The predicted molar refractivity (Wildman–Crippen MR) is 104 cm³/mol. The minimum atomic E-state index is -0.853. The van der Waals surface area contributed by atoms with Gasteiger partial charge in [-0.1, -0.05) is 52.0 Å². The van der Waals surface area contributed by atoms with Crippen molar-refractivity contribution in [2.45, 2.75) is 90.4 Å². The Morgan fingerprint density at radius 2 is 1.73 bits per heavy atom. The number of allylic oxidation sites excluding steroid dienone is 1. The molecule has 1 aromatic carbocycles. The molecule has 0 aromatic heterocycles. The maximum atomic E-state index is 14.5. The number of halogens is 2. The number of benzene rings is 1. The first-order valence-corrected chi connectivity index (χ1v) is 10.5. The van der Waals surface area contributed by atoms with Crippen LogP contribution in [0.15, 0.2) is 24.5 Å². The van der Waals surface area contributed by atoms with E-state index in [1.165, 1.54) is 38.4 Å². The molecule has 0 aliphatic heterocycles. The van der Waals surface area contributed by atoms with Crippen LogP contribution in [0.4, 0.5) is 8.78 Å². The Labute approximate surface area is 157 Å². The summed E-state index contributed by atoms with van der Waals surface area (Å²) in [5.74, 6) is -0.697. The minimum Gasteiger partial charge on any atom is -0.462 e. The van der Waals surface area contributed by atoms with E-state index in [-0.39, 0.29) is 11.7 Å². The first-order chi connectivity index (χ1) is 12.7. The zero-order valence-electron chi connectivity index (χ0n) is 16.4. The first kappa shape index (κ1) is 20.9. The molecule has 1 aliphatic rings. The van der Waals surface area contributed by atoms with Crippen LogP contribution in [0.25, 0.3) is 0 Å². The third kappa shape index (κ3) is 6.10. The highest BCUT2D eigenvalue weighted by Crippen LogP contribution is 2.39. The molecule has 0 spiro atoms. The second-order valence-corrected chi connectivity index (χ2v) is 7.63. The first-order valence-electron chi connectivity index (χ1n) is 10.5. The van der Waals surface area contributed by atoms with Crippen molar-refractivity contribution in [2.24, 2.45) is 5.92 Å². The lowest BCUT2D eigenvalue weighted by Gasteiger charge is -2.29. The van der Waals surface area contributed by atoms with E-state index < -0.39 is 11.6 Å². The van der Waals surface area contributed by atoms with Crippen molar-refractivity contribution in [2.75, 3.05) is 0 Å². The van der Waals surface area contributed by atoms with Gasteiger partial charge in [0.1, 0.15) is 0 Å². The molecule has 1 nitrogen and oxygen atoms in total. The van der Waals surface area contributed by atoms with Gasteiger partial charge < -0.3 is 4.74 Å². The zero-order valence-corrected chi connectivity index (χ0v) is 16.4. The summed E-state index contributed by atoms with van der Waals surface area (Å²) in [6.07, 6.45) is 15.6. The highest BCUT2D eigenvalue weighted by molar-refractivity contribution is 5.33. The molecule has 0 atom stereocenters. The fraction of sp³-hybridized carbons (Fsp3) is 0.652. The van der Waals surface area contributed by atoms with Crippen LogP contribution < -0.4 is 4.74 Å². The summed E-state index contributed by atoms with van der Waals surface area (Å²) < 4.78 is 34.2. The molecule has 2 rings (SSSR count). The number of rotatable bonds is 10. The summed E-state index contributed by atoms with van der Waals surface area (Å²) in [6.45, 7) is 4.39. The highest BCUT2D eigenvalue weighted by Gasteiger charge is 2.26. The third-order valence-corrected chi connectivity index (χ3v) is 5.58. The molecule has 3 heteroatoms. The second-order valence-electron chi connectivity index (χ2n) is 7.63. The Balaban J connectivity index is 1.88. The van der Waals surface area contributed by atoms with Gasteiger partial charge >= 0.3 is 0 Å². The molecule has 26 heavy (non-hydrogen) atoms. The van der Waals surface area contributed by atoms with Crippen LogP contribution in [0, 0.1) is 17.6 Å². The molecule has 0 N–H and O–H groups in total. The molecule has 0 heterocycles. The highest BCUT2D eigenvalue weighted by atomic mass is 19.2. The van der Waals surface area contributed by atoms with Crippen molar-refractivity contribution in [1.29, 1.82) is 0 Å². The largest absolute Gasteiger partial charge is 0.462 e. The predicted octanol–water partition coefficient (Wildman–Crippen LogP) is 7.90. The molecule has 0 bridgehead atoms. The summed E-state index contributed by atoms with van der Waals surface area (Å²) in [6, 6.07) is 3.29. The minimum absolute atomic E-state index is 0.0178. The summed E-state index contributed by atoms with van der Waals surface area (Å²) >= 11 is 0. The summed E-state index contributed by atoms with van der Waals surface area (Å²) in [5.41, 5.74) is 0.522. The van der Waals surface area contributed by atoms with Crippen molar-refractivity contribution < 1.29 is 13.5 Å². The van der Waals surface area contributed by atoms with Crippen LogP contribution >= 0.6 is 0 Å². The normalized spacial score (nSPS) is 20.6. The molecule has 0 amide bonds. The van der Waals surface area contributed by atoms with Crippen LogP contribution in [0.3, 0.4) is 0 Å². The van der Waals surface area contributed by atoms with Crippen molar-refractivity contribution >= 4 is 0 Å². The molecular formula is C23H34F2O. The van der Waals surface area contributed by atoms with E-state index >= 15 is 0 Å². The molecule has 1 saturated carbocycles. The Hall–Kier alpha value is -1.38. The Kier molecular flexibility index (Phi) is 9.14. The van der Waals surface area contributed by atoms with E-state index in [0.29, 0.717) is 5.56 Å². The fourth-order valence-corrected chi connectivity index (χ4v) is 4.00. The van der Waals surface area contributed by atoms with Crippen LogP contribution in [0.2, 0.25) is 0 Å². The molecule has 0 unspecified atom stereocenters. The topological polar surface area (TPSA) is 9.23 Å². The fourth-order valence-electron chi connectivity index (χ4n) is 4.00. The van der Waals surface area contributed by atoms with E-state index in [2.05, 4.69) is 13.8 Å². The average molecular weight is 365 g/mol. The Morgan fingerprint density at radius 1 is 0.962 bits per heavy atom. The van der Waals surface area contributed by atoms with Gasteiger partial charge in [0.15, 0.2) is 11.6 Å². The maximum absolute atomic E-state index is 14.5. The van der Waals surface area contributed by atoms with Gasteiger partial charge in [0, 0.05) is 0 Å². The standard InChI is InChI=1S/C23H34F2O/c1-3-5-6-7-8-9-17-26-21-16-15-20(22(24)23(21)25)19-13-11-18(10-4-2)12-14-19/h9,15-19H,3-8,10-14H2,1-2H3/b17-9+. The molecule has 0 radical (unpaired) electrons. The second kappa shape index (κ2) is 11.4. The van der Waals surface area contributed by atoms with Gasteiger partial charge in [-0.25, -0.2) is 4.39 Å². The monoisotopic (exact) mass is 364 g/mol. The van der Waals surface area contributed by atoms with E-state index in [4.69, 9.17) is 4.74 Å². The van der Waals surface area contributed by atoms with Crippen molar-refractivity contribution in [3.8, 4) is 5.75 Å². The van der Waals surface area contributed by atoms with Crippen LogP contribution in [-0.4, -0.2) is 0 Å². The van der Waals surface area contributed by atoms with E-state index in [0.717, 1.165) is 44.4 Å². The van der Waals surface area contributed by atoms with Gasteiger partial charge in [0.2, 0.25) is 5.82 Å². The SMILES string of the molecule is CCCCCC/C=C/Oc1ccc(C2CCC(CCC)CC2)c(F)c1F. The quantitative estimate of drug-likeness (QED) is 0.303. The molecular weight excluding hydrogens is 330 g/mol. The van der Waals surface area contributed by atoms with Crippen LogP contribution in [0.5, 0.6) is 5.75 Å². The lowest BCUT2D eigenvalue weighted by atomic mass is 9.77.